The normalized spacial score (nSPS) is 11.0. The van der Waals surface area contributed by atoms with E-state index in [-0.39, 0.29) is 10.5 Å². The number of sulfonamides is 1. The zero-order valence-corrected chi connectivity index (χ0v) is 13.3. The number of pyridine rings is 1. The number of benzene rings is 1. The van der Waals surface area contributed by atoms with Gasteiger partial charge in [0.1, 0.15) is 5.75 Å². The van der Waals surface area contributed by atoms with Gasteiger partial charge in [0.05, 0.1) is 17.6 Å². The van der Waals surface area contributed by atoms with Crippen molar-refractivity contribution in [1.29, 1.82) is 0 Å². The van der Waals surface area contributed by atoms with Gasteiger partial charge < -0.3 is 4.74 Å². The lowest BCUT2D eigenvalue weighted by Crippen LogP contribution is -2.31. The van der Waals surface area contributed by atoms with Crippen LogP contribution in [0.1, 0.15) is 21.5 Å². The highest BCUT2D eigenvalue weighted by Crippen LogP contribution is 2.26. The molecule has 1 aromatic carbocycles. The molecule has 0 aliphatic heterocycles. The average molecular weight is 320 g/mol. The van der Waals surface area contributed by atoms with Crippen LogP contribution >= 0.6 is 0 Å². The first kappa shape index (κ1) is 16.0. The van der Waals surface area contributed by atoms with Crippen molar-refractivity contribution in [3.8, 4) is 5.75 Å². The van der Waals surface area contributed by atoms with Gasteiger partial charge in [-0.3, -0.25) is 9.78 Å². The van der Waals surface area contributed by atoms with Crippen molar-refractivity contribution in [1.82, 2.24) is 9.71 Å². The molecule has 0 bridgehead atoms. The van der Waals surface area contributed by atoms with Crippen molar-refractivity contribution in [3.63, 3.8) is 0 Å². The lowest BCUT2D eigenvalue weighted by atomic mass is 10.1. The molecule has 1 N–H and O–H groups in total. The van der Waals surface area contributed by atoms with E-state index in [4.69, 9.17) is 4.74 Å². The molecule has 2 rings (SSSR count). The molecule has 1 amide bonds. The van der Waals surface area contributed by atoms with Gasteiger partial charge in [-0.05, 0) is 49.2 Å². The summed E-state index contributed by atoms with van der Waals surface area (Å²) in [5, 5.41) is 0. The number of hydrogen-bond donors (Lipinski definition) is 1. The number of carbonyl (C=O) groups is 1. The molecule has 0 aliphatic carbocycles. The number of hydrogen-bond acceptors (Lipinski definition) is 5. The Bertz CT molecular complexity index is 802. The summed E-state index contributed by atoms with van der Waals surface area (Å²) < 4.78 is 32.0. The molecule has 0 radical (unpaired) electrons. The number of rotatable bonds is 4. The lowest BCUT2D eigenvalue weighted by Gasteiger charge is -2.13. The van der Waals surface area contributed by atoms with E-state index in [1.807, 2.05) is 4.72 Å². The number of ether oxygens (including phenoxy) is 1. The molecule has 2 aromatic rings. The van der Waals surface area contributed by atoms with E-state index in [9.17, 15) is 13.2 Å². The second kappa shape index (κ2) is 6.15. The molecule has 0 fully saturated rings. The Kier molecular flexibility index (Phi) is 4.46. The summed E-state index contributed by atoms with van der Waals surface area (Å²) in [6, 6.07) is 6.03. The largest absolute Gasteiger partial charge is 0.496 e. The number of amides is 1. The summed E-state index contributed by atoms with van der Waals surface area (Å²) in [6.07, 6.45) is 2.80. The number of aromatic nitrogens is 1. The van der Waals surface area contributed by atoms with E-state index in [1.165, 1.54) is 31.6 Å². The molecule has 0 aliphatic rings. The number of methoxy groups -OCH3 is 1. The molecule has 7 heteroatoms. The van der Waals surface area contributed by atoms with Crippen molar-refractivity contribution in [3.05, 3.63) is 53.3 Å². The molecule has 22 heavy (non-hydrogen) atoms. The van der Waals surface area contributed by atoms with Gasteiger partial charge >= 0.3 is 0 Å². The Morgan fingerprint density at radius 3 is 2.50 bits per heavy atom. The summed E-state index contributed by atoms with van der Waals surface area (Å²) in [4.78, 5) is 15.8. The van der Waals surface area contributed by atoms with Crippen LogP contribution in [-0.2, 0) is 10.0 Å². The molecule has 0 unspecified atom stereocenters. The van der Waals surface area contributed by atoms with Crippen molar-refractivity contribution in [2.45, 2.75) is 18.7 Å². The molecule has 0 saturated heterocycles. The van der Waals surface area contributed by atoms with Crippen LogP contribution in [0.15, 0.2) is 41.6 Å². The Morgan fingerprint density at radius 1 is 1.18 bits per heavy atom. The van der Waals surface area contributed by atoms with E-state index in [0.29, 0.717) is 16.9 Å². The van der Waals surface area contributed by atoms with Crippen LogP contribution in [0.5, 0.6) is 5.75 Å². The smallest absolute Gasteiger partial charge is 0.266 e. The number of nitrogens with one attached hydrogen (secondary N) is 1. The molecule has 0 atom stereocenters. The zero-order chi connectivity index (χ0) is 16.3. The monoisotopic (exact) mass is 320 g/mol. The summed E-state index contributed by atoms with van der Waals surface area (Å²) in [6.45, 7) is 3.43. The fourth-order valence-electron chi connectivity index (χ4n) is 2.02. The van der Waals surface area contributed by atoms with E-state index >= 15 is 0 Å². The predicted molar refractivity (Wildman–Crippen MR) is 81.4 cm³/mol. The first-order valence-corrected chi connectivity index (χ1v) is 7.96. The summed E-state index contributed by atoms with van der Waals surface area (Å²) in [7, 11) is -2.45. The fraction of sp³-hybridized carbons (Fsp3) is 0.200. The van der Waals surface area contributed by atoms with Gasteiger partial charge in [-0.15, -0.1) is 0 Å². The second-order valence-electron chi connectivity index (χ2n) is 4.69. The quantitative estimate of drug-likeness (QED) is 0.929. The molecule has 1 aromatic heterocycles. The third-order valence-electron chi connectivity index (χ3n) is 3.35. The molecular formula is C15H16N2O4S. The molecule has 0 saturated carbocycles. The Balaban J connectivity index is 2.36. The van der Waals surface area contributed by atoms with Gasteiger partial charge in [0, 0.05) is 12.4 Å². The highest BCUT2D eigenvalue weighted by Gasteiger charge is 2.22. The van der Waals surface area contributed by atoms with Gasteiger partial charge in [0.25, 0.3) is 15.9 Å². The highest BCUT2D eigenvalue weighted by molar-refractivity contribution is 7.90. The Morgan fingerprint density at radius 2 is 1.91 bits per heavy atom. The van der Waals surface area contributed by atoms with Crippen LogP contribution in [0.2, 0.25) is 0 Å². The van der Waals surface area contributed by atoms with Crippen LogP contribution in [0, 0.1) is 13.8 Å². The third kappa shape index (κ3) is 3.09. The van der Waals surface area contributed by atoms with Crippen LogP contribution in [0.3, 0.4) is 0 Å². The van der Waals surface area contributed by atoms with Crippen LogP contribution < -0.4 is 9.46 Å². The zero-order valence-electron chi connectivity index (χ0n) is 12.5. The van der Waals surface area contributed by atoms with E-state index in [1.54, 1.807) is 26.0 Å². The third-order valence-corrected chi connectivity index (χ3v) is 4.82. The van der Waals surface area contributed by atoms with Crippen LogP contribution in [0.4, 0.5) is 0 Å². The summed E-state index contributed by atoms with van der Waals surface area (Å²) in [5.74, 6) is -0.129. The van der Waals surface area contributed by atoms with Crippen molar-refractivity contribution in [2.75, 3.05) is 7.11 Å². The van der Waals surface area contributed by atoms with E-state index in [0.717, 1.165) is 0 Å². The topological polar surface area (TPSA) is 85.4 Å². The van der Waals surface area contributed by atoms with Crippen LogP contribution in [0.25, 0.3) is 0 Å². The molecule has 6 nitrogen and oxygen atoms in total. The van der Waals surface area contributed by atoms with Gasteiger partial charge in [0.15, 0.2) is 0 Å². The Labute approximate surface area is 129 Å². The SMILES string of the molecule is COc1ccc(S(=O)(=O)NC(=O)c2cccnc2)c(C)c1C. The first-order chi connectivity index (χ1) is 10.4. The maximum absolute atomic E-state index is 12.4. The minimum atomic E-state index is -3.97. The first-order valence-electron chi connectivity index (χ1n) is 6.48. The van der Waals surface area contributed by atoms with E-state index < -0.39 is 15.9 Å². The molecular weight excluding hydrogens is 304 g/mol. The fourth-order valence-corrected chi connectivity index (χ4v) is 3.29. The number of nitrogens with zero attached hydrogens (tertiary/aromatic N) is 1. The number of carbonyl (C=O) groups excluding carboxylic acids is 1. The Hall–Kier alpha value is -2.41. The summed E-state index contributed by atoms with van der Waals surface area (Å²) in [5.41, 5.74) is 1.42. The molecule has 1 heterocycles. The lowest BCUT2D eigenvalue weighted by molar-refractivity contribution is 0.0981. The second-order valence-corrected chi connectivity index (χ2v) is 6.34. The van der Waals surface area contributed by atoms with Gasteiger partial charge in [-0.1, -0.05) is 0 Å². The standard InChI is InChI=1S/C15H16N2O4S/c1-10-11(2)14(7-6-13(10)21-3)22(19,20)17-15(18)12-5-4-8-16-9-12/h4-9H,1-3H3,(H,17,18). The predicted octanol–water partition coefficient (Wildman–Crippen LogP) is 1.83. The minimum absolute atomic E-state index is 0.0445. The van der Waals surface area contributed by atoms with Crippen LogP contribution in [-0.4, -0.2) is 26.4 Å². The molecule has 116 valence electrons. The maximum atomic E-state index is 12.4. The maximum Gasteiger partial charge on any atom is 0.266 e. The average Bonchev–Trinajstić information content (AvgIpc) is 2.50. The van der Waals surface area contributed by atoms with Gasteiger partial charge in [0.2, 0.25) is 0 Å². The van der Waals surface area contributed by atoms with Gasteiger partial charge in [-0.2, -0.15) is 0 Å². The van der Waals surface area contributed by atoms with Gasteiger partial charge in [-0.25, -0.2) is 13.1 Å². The minimum Gasteiger partial charge on any atom is -0.496 e. The van der Waals surface area contributed by atoms with Crippen molar-refractivity contribution < 1.29 is 17.9 Å². The van der Waals surface area contributed by atoms with Crippen molar-refractivity contribution in [2.24, 2.45) is 0 Å². The highest BCUT2D eigenvalue weighted by atomic mass is 32.2. The van der Waals surface area contributed by atoms with Crippen molar-refractivity contribution >= 4 is 15.9 Å². The summed E-state index contributed by atoms with van der Waals surface area (Å²) >= 11 is 0. The molecule has 0 spiro atoms. The van der Waals surface area contributed by atoms with E-state index in [2.05, 4.69) is 4.98 Å².